The van der Waals surface area contributed by atoms with Crippen LogP contribution in [0.4, 0.5) is 11.4 Å². The van der Waals surface area contributed by atoms with Gasteiger partial charge in [0, 0.05) is 50.0 Å². The van der Waals surface area contributed by atoms with Gasteiger partial charge in [0.15, 0.2) is 0 Å². The predicted octanol–water partition coefficient (Wildman–Crippen LogP) is 3.78. The fourth-order valence-electron chi connectivity index (χ4n) is 3.26. The molecule has 3 rings (SSSR count). The van der Waals surface area contributed by atoms with E-state index in [0.717, 1.165) is 44.0 Å². The van der Waals surface area contributed by atoms with Crippen LogP contribution in [0.3, 0.4) is 0 Å². The summed E-state index contributed by atoms with van der Waals surface area (Å²) in [4.78, 5) is 28.2. The molecule has 6 heteroatoms. The topological polar surface area (TPSA) is 61.9 Å². The molecule has 29 heavy (non-hydrogen) atoms. The molecule has 2 aromatic carbocycles. The first-order valence-electron chi connectivity index (χ1n) is 10.1. The van der Waals surface area contributed by atoms with Crippen molar-refractivity contribution < 1.29 is 14.3 Å². The Morgan fingerprint density at radius 3 is 2.38 bits per heavy atom. The monoisotopic (exact) mass is 395 g/mol. The van der Waals surface area contributed by atoms with Gasteiger partial charge >= 0.3 is 0 Å². The summed E-state index contributed by atoms with van der Waals surface area (Å²) in [5.41, 5.74) is 2.40. The Bertz CT molecular complexity index is 843. The molecule has 1 aliphatic heterocycles. The molecule has 1 fully saturated rings. The van der Waals surface area contributed by atoms with Crippen molar-refractivity contribution in [1.29, 1.82) is 0 Å². The summed E-state index contributed by atoms with van der Waals surface area (Å²) in [6, 6.07) is 15.1. The maximum Gasteiger partial charge on any atom is 0.255 e. The average molecular weight is 396 g/mol. The van der Waals surface area contributed by atoms with E-state index in [4.69, 9.17) is 4.74 Å². The number of amides is 2. The van der Waals surface area contributed by atoms with Crippen LogP contribution in [-0.2, 0) is 4.79 Å². The molecule has 0 bridgehead atoms. The molecule has 154 valence electrons. The van der Waals surface area contributed by atoms with Crippen LogP contribution in [0.15, 0.2) is 48.5 Å². The van der Waals surface area contributed by atoms with Crippen molar-refractivity contribution in [2.24, 2.45) is 0 Å². The molecule has 1 heterocycles. The Hall–Kier alpha value is -3.02. The maximum absolute atomic E-state index is 12.6. The highest BCUT2D eigenvalue weighted by Crippen LogP contribution is 2.21. The zero-order valence-electron chi connectivity index (χ0n) is 17.4. The van der Waals surface area contributed by atoms with Crippen LogP contribution in [0.1, 0.15) is 37.6 Å². The van der Waals surface area contributed by atoms with Crippen molar-refractivity contribution >= 4 is 23.2 Å². The van der Waals surface area contributed by atoms with Gasteiger partial charge in [-0.05, 0) is 55.8 Å². The van der Waals surface area contributed by atoms with Gasteiger partial charge in [0.1, 0.15) is 5.75 Å². The summed E-state index contributed by atoms with van der Waals surface area (Å²) in [5.74, 6) is 0.663. The molecule has 1 atom stereocenters. The minimum Gasteiger partial charge on any atom is -0.491 e. The van der Waals surface area contributed by atoms with E-state index in [0.29, 0.717) is 11.3 Å². The van der Waals surface area contributed by atoms with Crippen molar-refractivity contribution in [3.63, 3.8) is 0 Å². The molecule has 1 N–H and O–H groups in total. The van der Waals surface area contributed by atoms with E-state index in [-0.39, 0.29) is 17.9 Å². The van der Waals surface area contributed by atoms with Crippen molar-refractivity contribution in [2.45, 2.75) is 33.3 Å². The van der Waals surface area contributed by atoms with Gasteiger partial charge in [-0.1, -0.05) is 13.0 Å². The number of carbonyl (C=O) groups is 2. The molecular formula is C23H29N3O3. The van der Waals surface area contributed by atoms with Crippen molar-refractivity contribution in [1.82, 2.24) is 4.90 Å². The molecule has 0 saturated carbocycles. The second kappa shape index (κ2) is 9.45. The largest absolute Gasteiger partial charge is 0.491 e. The molecule has 0 radical (unpaired) electrons. The summed E-state index contributed by atoms with van der Waals surface area (Å²) in [7, 11) is 0. The highest BCUT2D eigenvalue weighted by molar-refractivity contribution is 6.04. The summed E-state index contributed by atoms with van der Waals surface area (Å²) in [6.07, 6.45) is 1.02. The number of ether oxygens (including phenoxy) is 1. The zero-order valence-corrected chi connectivity index (χ0v) is 17.4. The Morgan fingerprint density at radius 1 is 1.07 bits per heavy atom. The first-order valence-corrected chi connectivity index (χ1v) is 10.1. The number of benzene rings is 2. The van der Waals surface area contributed by atoms with Gasteiger partial charge in [-0.2, -0.15) is 0 Å². The molecule has 0 aliphatic carbocycles. The van der Waals surface area contributed by atoms with E-state index in [9.17, 15) is 9.59 Å². The van der Waals surface area contributed by atoms with Crippen LogP contribution in [0, 0.1) is 0 Å². The lowest BCUT2D eigenvalue weighted by Crippen LogP contribution is -2.48. The standard InChI is InChI=1S/C23H29N3O3/c1-4-17(2)29-22-7-5-6-19(16-22)23(28)24-20-8-10-21(11-9-20)26-14-12-25(13-15-26)18(3)27/h5-11,16-17H,4,12-15H2,1-3H3,(H,24,28). The SMILES string of the molecule is CCC(C)Oc1cccc(C(=O)Nc2ccc(N3CCN(C(C)=O)CC3)cc2)c1. The number of carbonyl (C=O) groups excluding carboxylic acids is 2. The quantitative estimate of drug-likeness (QED) is 0.809. The van der Waals surface area contributed by atoms with Crippen LogP contribution in [0.25, 0.3) is 0 Å². The molecule has 1 aliphatic rings. The normalized spacial score (nSPS) is 15.0. The van der Waals surface area contributed by atoms with Gasteiger partial charge < -0.3 is 19.9 Å². The van der Waals surface area contributed by atoms with E-state index in [1.165, 1.54) is 0 Å². The summed E-state index contributed by atoms with van der Waals surface area (Å²) in [6.45, 7) is 8.79. The fraction of sp³-hybridized carbons (Fsp3) is 0.391. The highest BCUT2D eigenvalue weighted by atomic mass is 16.5. The third kappa shape index (κ3) is 5.50. The van der Waals surface area contributed by atoms with Gasteiger partial charge in [-0.25, -0.2) is 0 Å². The second-order valence-corrected chi connectivity index (χ2v) is 7.36. The minimum atomic E-state index is -0.164. The summed E-state index contributed by atoms with van der Waals surface area (Å²) in [5, 5.41) is 2.94. The molecule has 1 unspecified atom stereocenters. The first kappa shape index (κ1) is 20.7. The molecular weight excluding hydrogens is 366 g/mol. The first-order chi connectivity index (χ1) is 14.0. The minimum absolute atomic E-state index is 0.109. The number of nitrogens with one attached hydrogen (secondary N) is 1. The summed E-state index contributed by atoms with van der Waals surface area (Å²) >= 11 is 0. The van der Waals surface area contributed by atoms with Crippen molar-refractivity contribution in [2.75, 3.05) is 36.4 Å². The fourth-order valence-corrected chi connectivity index (χ4v) is 3.26. The molecule has 1 saturated heterocycles. The van der Waals surface area contributed by atoms with Gasteiger partial charge in [-0.3, -0.25) is 9.59 Å². The number of rotatable bonds is 6. The van der Waals surface area contributed by atoms with Crippen LogP contribution >= 0.6 is 0 Å². The smallest absolute Gasteiger partial charge is 0.255 e. The van der Waals surface area contributed by atoms with E-state index >= 15 is 0 Å². The molecule has 2 amide bonds. The van der Waals surface area contributed by atoms with E-state index < -0.39 is 0 Å². The maximum atomic E-state index is 12.6. The predicted molar refractivity (Wildman–Crippen MR) is 116 cm³/mol. The van der Waals surface area contributed by atoms with Crippen LogP contribution in [-0.4, -0.2) is 49.0 Å². The number of hydrogen-bond acceptors (Lipinski definition) is 4. The van der Waals surface area contributed by atoms with Gasteiger partial charge in [0.25, 0.3) is 5.91 Å². The van der Waals surface area contributed by atoms with Crippen molar-refractivity contribution in [3.8, 4) is 5.75 Å². The van der Waals surface area contributed by atoms with Gasteiger partial charge in [0.2, 0.25) is 5.91 Å². The lowest BCUT2D eigenvalue weighted by molar-refractivity contribution is -0.129. The number of nitrogens with zero attached hydrogens (tertiary/aromatic N) is 2. The number of hydrogen-bond donors (Lipinski definition) is 1. The number of piperazine rings is 1. The summed E-state index contributed by atoms with van der Waals surface area (Å²) < 4.78 is 5.80. The van der Waals surface area contributed by atoms with E-state index in [1.807, 2.05) is 48.2 Å². The van der Waals surface area contributed by atoms with Crippen LogP contribution < -0.4 is 15.0 Å². The third-order valence-electron chi connectivity index (χ3n) is 5.22. The Labute approximate surface area is 172 Å². The van der Waals surface area contributed by atoms with Gasteiger partial charge in [-0.15, -0.1) is 0 Å². The van der Waals surface area contributed by atoms with E-state index in [2.05, 4.69) is 17.1 Å². The second-order valence-electron chi connectivity index (χ2n) is 7.36. The Balaban J connectivity index is 1.59. The molecule has 6 nitrogen and oxygen atoms in total. The molecule has 2 aromatic rings. The van der Waals surface area contributed by atoms with Gasteiger partial charge in [0.05, 0.1) is 6.10 Å². The lowest BCUT2D eigenvalue weighted by Gasteiger charge is -2.35. The number of anilines is 2. The molecule has 0 spiro atoms. The van der Waals surface area contributed by atoms with Crippen LogP contribution in [0.2, 0.25) is 0 Å². The van der Waals surface area contributed by atoms with Crippen molar-refractivity contribution in [3.05, 3.63) is 54.1 Å². The highest BCUT2D eigenvalue weighted by Gasteiger charge is 2.18. The average Bonchev–Trinajstić information content (AvgIpc) is 2.74. The Morgan fingerprint density at radius 2 is 1.76 bits per heavy atom. The van der Waals surface area contributed by atoms with Crippen LogP contribution in [0.5, 0.6) is 5.75 Å². The zero-order chi connectivity index (χ0) is 20.8. The van der Waals surface area contributed by atoms with E-state index in [1.54, 1.807) is 19.1 Å². The lowest BCUT2D eigenvalue weighted by atomic mass is 10.2. The third-order valence-corrected chi connectivity index (χ3v) is 5.22. The molecule has 0 aromatic heterocycles. The Kier molecular flexibility index (Phi) is 6.75.